The quantitative estimate of drug-likeness (QED) is 0.264. The van der Waals surface area contributed by atoms with Crippen LogP contribution in [0.2, 0.25) is 5.02 Å². The number of carbonyl (C=O) groups excluding carboxylic acids is 2. The Morgan fingerprint density at radius 3 is 2.52 bits per heavy atom. The summed E-state index contributed by atoms with van der Waals surface area (Å²) in [6.45, 7) is -1.08. The summed E-state index contributed by atoms with van der Waals surface area (Å²) in [6.07, 6.45) is -8.03. The molecule has 216 valence electrons. The molecule has 0 saturated carbocycles. The van der Waals surface area contributed by atoms with Gasteiger partial charge in [0.2, 0.25) is 0 Å². The minimum absolute atomic E-state index is 0.153. The zero-order valence-electron chi connectivity index (χ0n) is 20.5. The highest BCUT2D eigenvalue weighted by molar-refractivity contribution is 6.31. The number of halogens is 8. The van der Waals surface area contributed by atoms with Crippen molar-refractivity contribution in [3.63, 3.8) is 0 Å². The molecule has 1 aliphatic rings. The number of nitriles is 1. The summed E-state index contributed by atoms with van der Waals surface area (Å²) in [7, 11) is 0. The lowest BCUT2D eigenvalue weighted by Crippen LogP contribution is -2.41. The highest BCUT2D eigenvalue weighted by Gasteiger charge is 2.48. The number of fused-ring (bicyclic) bond motifs is 3. The molecule has 1 aromatic heterocycles. The molecule has 0 saturated heterocycles. The van der Waals surface area contributed by atoms with Gasteiger partial charge in [-0.1, -0.05) is 11.6 Å². The number of hydrogen-bond acceptors (Lipinski definition) is 5. The van der Waals surface area contributed by atoms with Gasteiger partial charge in [-0.2, -0.15) is 23.5 Å². The van der Waals surface area contributed by atoms with E-state index in [0.717, 1.165) is 24.3 Å². The Morgan fingerprint density at radius 2 is 1.88 bits per heavy atom. The van der Waals surface area contributed by atoms with Crippen molar-refractivity contribution < 1.29 is 45.4 Å². The molecule has 4 aromatic rings. The van der Waals surface area contributed by atoms with Gasteiger partial charge in [-0.15, -0.1) is 0 Å². The van der Waals surface area contributed by atoms with Gasteiger partial charge in [-0.05, 0) is 42.5 Å². The fourth-order valence-electron chi connectivity index (χ4n) is 4.73. The van der Waals surface area contributed by atoms with Crippen molar-refractivity contribution in [3.8, 4) is 6.07 Å². The molecular formula is C26H13ClF7N5O3. The molecule has 2 heterocycles. The fourth-order valence-corrected chi connectivity index (χ4v) is 4.99. The van der Waals surface area contributed by atoms with Crippen molar-refractivity contribution in [1.29, 1.82) is 5.26 Å². The minimum atomic E-state index is -5.03. The van der Waals surface area contributed by atoms with Crippen LogP contribution in [0.25, 0.3) is 10.9 Å². The molecule has 0 fully saturated rings. The lowest BCUT2D eigenvalue weighted by Gasteiger charge is -2.27. The number of nitrogens with one attached hydrogen (secondary N) is 2. The number of rotatable bonds is 5. The van der Waals surface area contributed by atoms with Crippen LogP contribution in [0.3, 0.4) is 0 Å². The van der Waals surface area contributed by atoms with Crippen LogP contribution in [0, 0.1) is 23.0 Å². The Hall–Kier alpha value is -4.68. The third-order valence-electron chi connectivity index (χ3n) is 6.40. The normalized spacial score (nSPS) is 16.5. The average molecular weight is 612 g/mol. The van der Waals surface area contributed by atoms with E-state index in [4.69, 9.17) is 11.6 Å². The van der Waals surface area contributed by atoms with E-state index < -0.39 is 87.5 Å². The van der Waals surface area contributed by atoms with E-state index in [0.29, 0.717) is 16.8 Å². The molecule has 2 amide bonds. The fraction of sp³-hybridized carbons (Fsp3) is 0.154. The first-order valence-corrected chi connectivity index (χ1v) is 12.0. The van der Waals surface area contributed by atoms with Crippen LogP contribution in [0.5, 0.6) is 0 Å². The number of hydrogen-bond donors (Lipinski definition) is 3. The molecule has 3 aromatic carbocycles. The highest BCUT2D eigenvalue weighted by Crippen LogP contribution is 2.46. The monoisotopic (exact) mass is 611 g/mol. The van der Waals surface area contributed by atoms with Gasteiger partial charge in [0.05, 0.1) is 27.7 Å². The van der Waals surface area contributed by atoms with Crippen LogP contribution in [0.1, 0.15) is 43.1 Å². The first-order chi connectivity index (χ1) is 19.6. The van der Waals surface area contributed by atoms with Crippen LogP contribution >= 0.6 is 11.6 Å². The van der Waals surface area contributed by atoms with Gasteiger partial charge < -0.3 is 15.7 Å². The topological polar surface area (TPSA) is 120 Å². The van der Waals surface area contributed by atoms with E-state index in [1.54, 1.807) is 6.07 Å². The number of benzene rings is 3. The summed E-state index contributed by atoms with van der Waals surface area (Å²) in [5, 5.41) is 28.9. The Labute approximate surface area is 234 Å². The third-order valence-corrected chi connectivity index (χ3v) is 6.73. The van der Waals surface area contributed by atoms with Crippen molar-refractivity contribution in [3.05, 3.63) is 92.6 Å². The van der Waals surface area contributed by atoms with Crippen molar-refractivity contribution >= 4 is 40.0 Å². The predicted molar refractivity (Wildman–Crippen MR) is 132 cm³/mol. The van der Waals surface area contributed by atoms with Crippen LogP contribution in [-0.2, 0) is 18.4 Å². The van der Waals surface area contributed by atoms with Gasteiger partial charge >= 0.3 is 6.18 Å². The number of aromatic nitrogens is 2. The van der Waals surface area contributed by atoms with Crippen LogP contribution in [0.4, 0.5) is 36.4 Å². The molecule has 1 unspecified atom stereocenters. The van der Waals surface area contributed by atoms with Crippen molar-refractivity contribution in [2.75, 3.05) is 5.32 Å². The van der Waals surface area contributed by atoms with E-state index in [1.807, 2.05) is 0 Å². The molecule has 16 heteroatoms. The lowest BCUT2D eigenvalue weighted by molar-refractivity contribution is -0.137. The Kier molecular flexibility index (Phi) is 6.86. The summed E-state index contributed by atoms with van der Waals surface area (Å²) >= 11 is 6.18. The standard InChI is InChI=1S/C26H13ClF7N5O3/c27-15-2-1-12(28)6-14(15)25(42)22-16(36-23(40)10-3-11(26(32,33)34)5-13(29)4-10)7-18-20(21(22)24(41)37-25)17(8-35)38-39(18)9-19(30)31/h1-7,19,42H,9H2,(H,36,40)(H,37,41). The van der Waals surface area contributed by atoms with Gasteiger partial charge in [0, 0.05) is 21.7 Å². The predicted octanol–water partition coefficient (Wildman–Crippen LogP) is 5.31. The summed E-state index contributed by atoms with van der Waals surface area (Å²) in [4.78, 5) is 26.4. The van der Waals surface area contributed by atoms with Gasteiger partial charge in [-0.25, -0.2) is 17.6 Å². The van der Waals surface area contributed by atoms with Gasteiger partial charge in [0.15, 0.2) is 11.4 Å². The van der Waals surface area contributed by atoms with E-state index >= 15 is 0 Å². The molecule has 0 radical (unpaired) electrons. The Balaban J connectivity index is 1.80. The SMILES string of the molecule is N#Cc1nn(CC(F)F)c2cc(NC(=O)c3cc(F)cc(C(F)(F)F)c3)c3c(c12)C(=O)NC3(O)c1cc(F)ccc1Cl. The maximum absolute atomic E-state index is 14.2. The highest BCUT2D eigenvalue weighted by atomic mass is 35.5. The minimum Gasteiger partial charge on any atom is -0.363 e. The Morgan fingerprint density at radius 1 is 1.17 bits per heavy atom. The average Bonchev–Trinajstić information content (AvgIpc) is 3.38. The number of carbonyl (C=O) groups is 2. The van der Waals surface area contributed by atoms with E-state index in [9.17, 15) is 50.7 Å². The molecule has 1 aliphatic heterocycles. The number of amides is 2. The maximum Gasteiger partial charge on any atom is 0.416 e. The van der Waals surface area contributed by atoms with Crippen LogP contribution in [0.15, 0.2) is 42.5 Å². The molecule has 0 aliphatic carbocycles. The number of aliphatic hydroxyl groups is 1. The second-order valence-corrected chi connectivity index (χ2v) is 9.48. The van der Waals surface area contributed by atoms with E-state index in [2.05, 4.69) is 15.7 Å². The summed E-state index contributed by atoms with van der Waals surface area (Å²) in [5.41, 5.74) is -7.99. The maximum atomic E-state index is 14.2. The molecule has 0 bridgehead atoms. The summed E-state index contributed by atoms with van der Waals surface area (Å²) in [5.74, 6) is -4.82. The van der Waals surface area contributed by atoms with Crippen LogP contribution in [-0.4, -0.2) is 33.1 Å². The van der Waals surface area contributed by atoms with Gasteiger partial charge in [-0.3, -0.25) is 14.3 Å². The Bertz CT molecular complexity index is 1850. The van der Waals surface area contributed by atoms with Crippen LogP contribution < -0.4 is 10.6 Å². The third kappa shape index (κ3) is 4.78. The zero-order valence-corrected chi connectivity index (χ0v) is 21.2. The van der Waals surface area contributed by atoms with Crippen molar-refractivity contribution in [2.24, 2.45) is 0 Å². The largest absolute Gasteiger partial charge is 0.416 e. The molecule has 0 spiro atoms. The van der Waals surface area contributed by atoms with E-state index in [-0.39, 0.29) is 22.0 Å². The summed E-state index contributed by atoms with van der Waals surface area (Å²) in [6, 6.07) is 6.29. The van der Waals surface area contributed by atoms with Crippen molar-refractivity contribution in [1.82, 2.24) is 15.1 Å². The molecule has 3 N–H and O–H groups in total. The molecule has 42 heavy (non-hydrogen) atoms. The van der Waals surface area contributed by atoms with Gasteiger partial charge in [0.25, 0.3) is 18.2 Å². The second kappa shape index (κ2) is 10.00. The number of alkyl halides is 5. The van der Waals surface area contributed by atoms with E-state index in [1.165, 1.54) is 0 Å². The molecule has 8 nitrogen and oxygen atoms in total. The first kappa shape index (κ1) is 28.8. The smallest absolute Gasteiger partial charge is 0.363 e. The number of anilines is 1. The molecule has 1 atom stereocenters. The number of nitrogens with zero attached hydrogens (tertiary/aromatic N) is 3. The zero-order chi connectivity index (χ0) is 30.7. The summed E-state index contributed by atoms with van der Waals surface area (Å²) < 4.78 is 95.4. The van der Waals surface area contributed by atoms with Crippen molar-refractivity contribution in [2.45, 2.75) is 24.9 Å². The first-order valence-electron chi connectivity index (χ1n) is 11.6. The second-order valence-electron chi connectivity index (χ2n) is 9.07. The molecular weight excluding hydrogens is 599 g/mol. The molecule has 5 rings (SSSR count). The van der Waals surface area contributed by atoms with Gasteiger partial charge in [0.1, 0.15) is 24.2 Å². The lowest BCUT2D eigenvalue weighted by atomic mass is 9.90.